The molecule has 0 unspecified atom stereocenters. The van der Waals surface area contributed by atoms with Gasteiger partial charge in [0, 0.05) is 17.6 Å². The summed E-state index contributed by atoms with van der Waals surface area (Å²) >= 11 is 11.9. The Kier molecular flexibility index (Phi) is 4.27. The maximum absolute atomic E-state index is 6.01. The van der Waals surface area contributed by atoms with Gasteiger partial charge in [-0.2, -0.15) is 0 Å². The second-order valence-electron chi connectivity index (χ2n) is 4.79. The molecule has 0 aliphatic rings. The lowest BCUT2D eigenvalue weighted by Gasteiger charge is -2.04. The molecule has 2 heterocycles. The quantitative estimate of drug-likeness (QED) is 0.786. The van der Waals surface area contributed by atoms with Gasteiger partial charge in [-0.15, -0.1) is 5.10 Å². The van der Waals surface area contributed by atoms with Gasteiger partial charge in [0.05, 0.1) is 28.5 Å². The Balaban J connectivity index is 1.72. The monoisotopic (exact) mass is 333 g/mol. The summed E-state index contributed by atoms with van der Waals surface area (Å²) in [6.07, 6.45) is 3.62. The minimum atomic E-state index is 0.488. The number of halogens is 2. The highest BCUT2D eigenvalue weighted by molar-refractivity contribution is 6.42. The summed E-state index contributed by atoms with van der Waals surface area (Å²) in [6.45, 7) is 2.52. The Hall–Kier alpha value is -2.11. The molecule has 1 aromatic carbocycles. The van der Waals surface area contributed by atoms with Crippen molar-refractivity contribution >= 4 is 28.9 Å². The fourth-order valence-electron chi connectivity index (χ4n) is 1.98. The number of nitrogens with zero attached hydrogens (tertiary/aromatic N) is 4. The average molecular weight is 334 g/mol. The van der Waals surface area contributed by atoms with Crippen molar-refractivity contribution < 1.29 is 0 Å². The predicted molar refractivity (Wildman–Crippen MR) is 87.7 cm³/mol. The van der Waals surface area contributed by atoms with Gasteiger partial charge in [-0.3, -0.25) is 4.98 Å². The molecule has 0 aliphatic carbocycles. The van der Waals surface area contributed by atoms with Crippen molar-refractivity contribution in [3.8, 4) is 5.69 Å². The van der Waals surface area contributed by atoms with E-state index in [0.29, 0.717) is 16.6 Å². The van der Waals surface area contributed by atoms with E-state index < -0.39 is 0 Å². The minimum absolute atomic E-state index is 0.488. The molecular weight excluding hydrogens is 321 g/mol. The molecule has 2 aromatic heterocycles. The molecule has 0 radical (unpaired) electrons. The average Bonchev–Trinajstić information content (AvgIpc) is 2.97. The van der Waals surface area contributed by atoms with Gasteiger partial charge >= 0.3 is 0 Å². The van der Waals surface area contributed by atoms with Gasteiger partial charge < -0.3 is 5.32 Å². The molecule has 0 bridgehead atoms. The maximum atomic E-state index is 6.01. The summed E-state index contributed by atoms with van der Waals surface area (Å²) in [5.41, 5.74) is 3.59. The molecule has 1 N–H and O–H groups in total. The third-order valence-electron chi connectivity index (χ3n) is 3.08. The van der Waals surface area contributed by atoms with Crippen LogP contribution < -0.4 is 5.32 Å². The molecule has 5 nitrogen and oxygen atoms in total. The number of aromatic nitrogens is 4. The lowest BCUT2D eigenvalue weighted by molar-refractivity contribution is 0.798. The first-order valence-corrected chi connectivity index (χ1v) is 7.40. The van der Waals surface area contributed by atoms with Gasteiger partial charge in [-0.25, -0.2) is 4.68 Å². The first-order chi connectivity index (χ1) is 10.6. The lowest BCUT2D eigenvalue weighted by Crippen LogP contribution is -2.00. The Labute approximate surface area is 137 Å². The SMILES string of the molecule is Cc1cc(NCc2cn(-c3ccc(Cl)c(Cl)c3)nn2)ccn1. The Morgan fingerprint density at radius 1 is 1.14 bits per heavy atom. The minimum Gasteiger partial charge on any atom is -0.379 e. The van der Waals surface area contributed by atoms with Crippen LogP contribution in [0.1, 0.15) is 11.4 Å². The van der Waals surface area contributed by atoms with E-state index in [2.05, 4.69) is 20.6 Å². The van der Waals surface area contributed by atoms with Crippen LogP contribution in [0.3, 0.4) is 0 Å². The van der Waals surface area contributed by atoms with Crippen LogP contribution in [0.2, 0.25) is 10.0 Å². The van der Waals surface area contributed by atoms with Crippen molar-refractivity contribution in [3.05, 3.63) is 64.2 Å². The van der Waals surface area contributed by atoms with Gasteiger partial charge in [-0.05, 0) is 37.3 Å². The van der Waals surface area contributed by atoms with E-state index in [0.717, 1.165) is 22.8 Å². The number of hydrogen-bond acceptors (Lipinski definition) is 4. The molecule has 0 amide bonds. The van der Waals surface area contributed by atoms with Crippen molar-refractivity contribution in [2.45, 2.75) is 13.5 Å². The molecule has 0 aliphatic heterocycles. The number of hydrogen-bond donors (Lipinski definition) is 1. The van der Waals surface area contributed by atoms with Gasteiger partial charge in [0.15, 0.2) is 0 Å². The number of benzene rings is 1. The van der Waals surface area contributed by atoms with E-state index in [-0.39, 0.29) is 0 Å². The molecule has 112 valence electrons. The van der Waals surface area contributed by atoms with Crippen LogP contribution in [-0.4, -0.2) is 20.0 Å². The highest BCUT2D eigenvalue weighted by Crippen LogP contribution is 2.24. The standard InChI is InChI=1S/C15H13Cl2N5/c1-10-6-11(4-5-18-10)19-8-12-9-22(21-20-12)13-2-3-14(16)15(17)7-13/h2-7,9H,8H2,1H3,(H,18,19). The van der Waals surface area contributed by atoms with Gasteiger partial charge in [-0.1, -0.05) is 28.4 Å². The summed E-state index contributed by atoms with van der Waals surface area (Å²) in [5.74, 6) is 0. The maximum Gasteiger partial charge on any atom is 0.102 e. The lowest BCUT2D eigenvalue weighted by atomic mass is 10.3. The highest BCUT2D eigenvalue weighted by atomic mass is 35.5. The molecule has 0 saturated heterocycles. The van der Waals surface area contributed by atoms with Crippen LogP contribution >= 0.6 is 23.2 Å². The zero-order valence-electron chi connectivity index (χ0n) is 11.8. The molecule has 7 heteroatoms. The number of pyridine rings is 1. The van der Waals surface area contributed by atoms with Gasteiger partial charge in [0.25, 0.3) is 0 Å². The van der Waals surface area contributed by atoms with Crippen LogP contribution in [0.4, 0.5) is 5.69 Å². The van der Waals surface area contributed by atoms with Crippen molar-refractivity contribution in [3.63, 3.8) is 0 Å². The fourth-order valence-corrected chi connectivity index (χ4v) is 2.27. The first-order valence-electron chi connectivity index (χ1n) is 6.65. The molecule has 0 spiro atoms. The Morgan fingerprint density at radius 2 is 2.00 bits per heavy atom. The second-order valence-corrected chi connectivity index (χ2v) is 5.61. The van der Waals surface area contributed by atoms with E-state index in [1.165, 1.54) is 0 Å². The molecule has 22 heavy (non-hydrogen) atoms. The van der Waals surface area contributed by atoms with Gasteiger partial charge in [0.2, 0.25) is 0 Å². The Morgan fingerprint density at radius 3 is 2.77 bits per heavy atom. The van der Waals surface area contributed by atoms with Crippen molar-refractivity contribution in [1.82, 2.24) is 20.0 Å². The largest absolute Gasteiger partial charge is 0.379 e. The fraction of sp³-hybridized carbons (Fsp3) is 0.133. The summed E-state index contributed by atoms with van der Waals surface area (Å²) in [7, 11) is 0. The normalized spacial score (nSPS) is 10.7. The van der Waals surface area contributed by atoms with Crippen LogP contribution in [0.25, 0.3) is 5.69 Å². The summed E-state index contributed by atoms with van der Waals surface area (Å²) in [5, 5.41) is 12.5. The van der Waals surface area contributed by atoms with Crippen molar-refractivity contribution in [2.75, 3.05) is 5.32 Å². The van der Waals surface area contributed by atoms with Crippen LogP contribution in [-0.2, 0) is 6.54 Å². The second kappa shape index (κ2) is 6.34. The van der Waals surface area contributed by atoms with E-state index in [1.54, 1.807) is 23.0 Å². The zero-order valence-corrected chi connectivity index (χ0v) is 13.3. The molecule has 0 fully saturated rings. The Bertz CT molecular complexity index is 800. The predicted octanol–water partition coefficient (Wildman–Crippen LogP) is 3.89. The van der Waals surface area contributed by atoms with Crippen LogP contribution in [0.15, 0.2) is 42.7 Å². The third kappa shape index (κ3) is 3.37. The van der Waals surface area contributed by atoms with Crippen LogP contribution in [0, 0.1) is 6.92 Å². The smallest absolute Gasteiger partial charge is 0.102 e. The van der Waals surface area contributed by atoms with E-state index in [9.17, 15) is 0 Å². The van der Waals surface area contributed by atoms with Crippen molar-refractivity contribution in [2.24, 2.45) is 0 Å². The highest BCUT2D eigenvalue weighted by Gasteiger charge is 2.05. The molecule has 3 aromatic rings. The van der Waals surface area contributed by atoms with Crippen LogP contribution in [0.5, 0.6) is 0 Å². The molecule has 0 atom stereocenters. The first kappa shape index (κ1) is 14.8. The van der Waals surface area contributed by atoms with Gasteiger partial charge in [0.1, 0.15) is 5.69 Å². The van der Waals surface area contributed by atoms with Crippen molar-refractivity contribution in [1.29, 1.82) is 0 Å². The summed E-state index contributed by atoms with van der Waals surface area (Å²) in [6, 6.07) is 9.21. The number of anilines is 1. The molecule has 0 saturated carbocycles. The number of nitrogens with one attached hydrogen (secondary N) is 1. The molecule has 3 rings (SSSR count). The van der Waals surface area contributed by atoms with E-state index in [1.807, 2.05) is 31.3 Å². The number of rotatable bonds is 4. The van der Waals surface area contributed by atoms with E-state index in [4.69, 9.17) is 23.2 Å². The summed E-state index contributed by atoms with van der Waals surface area (Å²) in [4.78, 5) is 4.16. The third-order valence-corrected chi connectivity index (χ3v) is 3.82. The molecular formula is C15H13Cl2N5. The summed E-state index contributed by atoms with van der Waals surface area (Å²) < 4.78 is 1.66. The van der Waals surface area contributed by atoms with E-state index >= 15 is 0 Å². The number of aryl methyl sites for hydroxylation is 1. The zero-order chi connectivity index (χ0) is 15.5. The topological polar surface area (TPSA) is 55.6 Å².